The maximum Gasteiger partial charge on any atom is 0.313 e. The fourth-order valence-corrected chi connectivity index (χ4v) is 3.56. The Bertz CT molecular complexity index is 728. The van der Waals surface area contributed by atoms with Gasteiger partial charge in [0.25, 0.3) is 0 Å². The summed E-state index contributed by atoms with van der Waals surface area (Å²) in [5.74, 6) is -1.07. The molecule has 2 aliphatic rings. The number of aryl methyl sites for hydroxylation is 2. The van der Waals surface area contributed by atoms with Gasteiger partial charge in [-0.05, 0) is 42.5 Å². The van der Waals surface area contributed by atoms with E-state index in [1.807, 2.05) is 39.0 Å². The Morgan fingerprint density at radius 1 is 0.923 bits per heavy atom. The maximum absolute atomic E-state index is 12.4. The molecule has 0 unspecified atom stereocenters. The van der Waals surface area contributed by atoms with Crippen LogP contribution in [0.4, 0.5) is 5.69 Å². The second kappa shape index (κ2) is 7.09. The number of nitrogens with one attached hydrogen (secondary N) is 1. The summed E-state index contributed by atoms with van der Waals surface area (Å²) in [4.78, 5) is 40.3. The molecule has 1 aliphatic carbocycles. The van der Waals surface area contributed by atoms with E-state index in [4.69, 9.17) is 0 Å². The maximum atomic E-state index is 12.4. The van der Waals surface area contributed by atoms with E-state index in [2.05, 4.69) is 5.32 Å². The van der Waals surface area contributed by atoms with Crippen molar-refractivity contribution in [1.29, 1.82) is 0 Å². The Balaban J connectivity index is 1.55. The van der Waals surface area contributed by atoms with Crippen molar-refractivity contribution >= 4 is 23.4 Å². The van der Waals surface area contributed by atoms with Crippen molar-refractivity contribution in [2.75, 3.05) is 31.5 Å². The van der Waals surface area contributed by atoms with Gasteiger partial charge in [-0.2, -0.15) is 0 Å². The molecule has 0 aromatic heterocycles. The molecular weight excluding hydrogens is 330 g/mol. The third kappa shape index (κ3) is 3.89. The molecule has 0 bridgehead atoms. The van der Waals surface area contributed by atoms with E-state index < -0.39 is 17.2 Å². The van der Waals surface area contributed by atoms with Crippen LogP contribution >= 0.6 is 0 Å². The molecule has 1 heterocycles. The van der Waals surface area contributed by atoms with Crippen LogP contribution in [0, 0.1) is 5.41 Å². The highest BCUT2D eigenvalue weighted by Crippen LogP contribution is 2.25. The van der Waals surface area contributed by atoms with Crippen LogP contribution in [-0.4, -0.2) is 53.7 Å². The Kier molecular flexibility index (Phi) is 5.03. The number of hydrogen-bond acceptors (Lipinski definition) is 3. The van der Waals surface area contributed by atoms with Gasteiger partial charge < -0.3 is 15.1 Å². The van der Waals surface area contributed by atoms with Crippen LogP contribution in [0.3, 0.4) is 0 Å². The van der Waals surface area contributed by atoms with Gasteiger partial charge in [-0.15, -0.1) is 0 Å². The number of anilines is 1. The van der Waals surface area contributed by atoms with Gasteiger partial charge in [0, 0.05) is 37.3 Å². The normalized spacial score (nSPS) is 17.0. The van der Waals surface area contributed by atoms with E-state index >= 15 is 0 Å². The summed E-state index contributed by atoms with van der Waals surface area (Å²) in [7, 11) is 0. The first-order valence-electron chi connectivity index (χ1n) is 9.27. The van der Waals surface area contributed by atoms with Crippen LogP contribution < -0.4 is 5.32 Å². The van der Waals surface area contributed by atoms with E-state index in [-0.39, 0.29) is 5.91 Å². The summed E-state index contributed by atoms with van der Waals surface area (Å²) < 4.78 is 0. The highest BCUT2D eigenvalue weighted by atomic mass is 16.2. The average molecular weight is 357 g/mol. The van der Waals surface area contributed by atoms with E-state index in [0.717, 1.165) is 19.3 Å². The largest absolute Gasteiger partial charge is 0.339 e. The molecule has 6 heteroatoms. The topological polar surface area (TPSA) is 69.7 Å². The van der Waals surface area contributed by atoms with Crippen molar-refractivity contribution in [3.63, 3.8) is 0 Å². The van der Waals surface area contributed by atoms with E-state index in [1.165, 1.54) is 16.0 Å². The Morgan fingerprint density at radius 3 is 2.19 bits per heavy atom. The summed E-state index contributed by atoms with van der Waals surface area (Å²) in [5.41, 5.74) is 2.82. The van der Waals surface area contributed by atoms with Gasteiger partial charge >= 0.3 is 11.8 Å². The van der Waals surface area contributed by atoms with E-state index in [0.29, 0.717) is 31.9 Å². The molecule has 1 aliphatic heterocycles. The highest BCUT2D eigenvalue weighted by molar-refractivity contribution is 6.39. The minimum absolute atomic E-state index is 0.0761. The number of carbonyl (C=O) groups excluding carboxylic acids is 3. The lowest BCUT2D eigenvalue weighted by molar-refractivity contribution is -0.148. The lowest BCUT2D eigenvalue weighted by Crippen LogP contribution is -2.54. The first-order chi connectivity index (χ1) is 12.3. The molecule has 26 heavy (non-hydrogen) atoms. The van der Waals surface area contributed by atoms with E-state index in [9.17, 15) is 14.4 Å². The molecule has 3 rings (SSSR count). The zero-order valence-electron chi connectivity index (χ0n) is 15.8. The van der Waals surface area contributed by atoms with Crippen LogP contribution in [0.5, 0.6) is 0 Å². The van der Waals surface area contributed by atoms with Crippen molar-refractivity contribution in [2.24, 2.45) is 5.41 Å². The van der Waals surface area contributed by atoms with E-state index in [1.54, 1.807) is 4.90 Å². The fourth-order valence-electron chi connectivity index (χ4n) is 3.56. The predicted molar refractivity (Wildman–Crippen MR) is 99.7 cm³/mol. The van der Waals surface area contributed by atoms with Gasteiger partial charge in [0.1, 0.15) is 0 Å². The molecule has 1 saturated heterocycles. The van der Waals surface area contributed by atoms with Crippen LogP contribution in [0.1, 0.15) is 38.3 Å². The number of fused-ring (bicyclic) bond motifs is 1. The summed E-state index contributed by atoms with van der Waals surface area (Å²) in [5, 5.41) is 2.72. The molecule has 0 radical (unpaired) electrons. The van der Waals surface area contributed by atoms with Crippen molar-refractivity contribution in [3.05, 3.63) is 29.3 Å². The summed E-state index contributed by atoms with van der Waals surface area (Å²) in [6, 6.07) is 5.85. The highest BCUT2D eigenvalue weighted by Gasteiger charge is 2.32. The number of rotatable bonds is 1. The van der Waals surface area contributed by atoms with Crippen LogP contribution in [0.15, 0.2) is 18.2 Å². The SMILES string of the molecule is CC(C)(C)C(=O)N1CCN(C(=O)C(=O)Nc2ccc3c(c2)CCC3)CC1. The second-order valence-electron chi connectivity index (χ2n) is 8.13. The minimum atomic E-state index is -0.612. The molecule has 1 aromatic rings. The number of amides is 3. The zero-order chi connectivity index (χ0) is 18.9. The van der Waals surface area contributed by atoms with Gasteiger partial charge in [0.2, 0.25) is 5.91 Å². The standard InChI is InChI=1S/C20H27N3O3/c1-20(2,3)19(26)23-11-9-22(10-12-23)18(25)17(24)21-16-8-7-14-5-4-6-15(14)13-16/h7-8,13H,4-6,9-12H2,1-3H3,(H,21,24). The number of carbonyl (C=O) groups is 3. The van der Waals surface area contributed by atoms with Gasteiger partial charge in [-0.25, -0.2) is 0 Å². The molecule has 1 fully saturated rings. The molecule has 0 saturated carbocycles. The van der Waals surface area contributed by atoms with Crippen LogP contribution in [0.2, 0.25) is 0 Å². The molecule has 1 N–H and O–H groups in total. The number of benzene rings is 1. The number of nitrogens with zero attached hydrogens (tertiary/aromatic N) is 2. The first-order valence-corrected chi connectivity index (χ1v) is 9.27. The Hall–Kier alpha value is -2.37. The lowest BCUT2D eigenvalue weighted by Gasteiger charge is -2.37. The fraction of sp³-hybridized carbons (Fsp3) is 0.550. The average Bonchev–Trinajstić information content (AvgIpc) is 3.07. The molecule has 0 spiro atoms. The van der Waals surface area contributed by atoms with Gasteiger partial charge in [0.05, 0.1) is 0 Å². The number of hydrogen-bond donors (Lipinski definition) is 1. The molecule has 140 valence electrons. The first kappa shape index (κ1) is 18.4. The number of piperazine rings is 1. The minimum Gasteiger partial charge on any atom is -0.339 e. The molecule has 3 amide bonds. The van der Waals surface area contributed by atoms with Crippen molar-refractivity contribution in [1.82, 2.24) is 9.80 Å². The summed E-state index contributed by atoms with van der Waals surface area (Å²) in [6.45, 7) is 7.36. The second-order valence-corrected chi connectivity index (χ2v) is 8.13. The Morgan fingerprint density at radius 2 is 1.54 bits per heavy atom. The predicted octanol–water partition coefficient (Wildman–Crippen LogP) is 1.83. The summed E-state index contributed by atoms with van der Waals surface area (Å²) in [6.07, 6.45) is 3.25. The monoisotopic (exact) mass is 357 g/mol. The van der Waals surface area contributed by atoms with Gasteiger partial charge in [-0.1, -0.05) is 26.8 Å². The van der Waals surface area contributed by atoms with Crippen molar-refractivity contribution in [3.8, 4) is 0 Å². The van der Waals surface area contributed by atoms with Crippen LogP contribution in [0.25, 0.3) is 0 Å². The summed E-state index contributed by atoms with van der Waals surface area (Å²) >= 11 is 0. The van der Waals surface area contributed by atoms with Gasteiger partial charge in [0.15, 0.2) is 0 Å². The van der Waals surface area contributed by atoms with Crippen LogP contribution in [-0.2, 0) is 27.2 Å². The van der Waals surface area contributed by atoms with Crippen molar-refractivity contribution < 1.29 is 14.4 Å². The third-order valence-corrected chi connectivity index (χ3v) is 5.05. The third-order valence-electron chi connectivity index (χ3n) is 5.05. The molecule has 0 atom stereocenters. The Labute approximate surface area is 154 Å². The molecule has 1 aromatic carbocycles. The quantitative estimate of drug-likeness (QED) is 0.780. The zero-order valence-corrected chi connectivity index (χ0v) is 15.8. The lowest BCUT2D eigenvalue weighted by atomic mass is 9.94. The van der Waals surface area contributed by atoms with Crippen molar-refractivity contribution in [2.45, 2.75) is 40.0 Å². The molecular formula is C20H27N3O3. The molecule has 6 nitrogen and oxygen atoms in total. The van der Waals surface area contributed by atoms with Gasteiger partial charge in [-0.3, -0.25) is 14.4 Å². The smallest absolute Gasteiger partial charge is 0.313 e.